The molecule has 126 valence electrons. The Morgan fingerprint density at radius 1 is 1.08 bits per heavy atom. The van der Waals surface area contributed by atoms with Crippen LogP contribution in [0.2, 0.25) is 0 Å². The number of phenols is 2. The van der Waals surface area contributed by atoms with E-state index in [4.69, 9.17) is 0 Å². The third-order valence-electron chi connectivity index (χ3n) is 3.75. The molecule has 0 radical (unpaired) electrons. The van der Waals surface area contributed by atoms with E-state index >= 15 is 0 Å². The number of aldehydes is 1. The standard InChI is InChI=1S/C17H16O7/c18-6-5-10-13(20)4-2-11(16(10)23)17(24)12(8-19)9-1-3-14(21)15(22)7-9/h1,3,6-8,19-23H,2,4-5H2/b12-8-. The van der Waals surface area contributed by atoms with Crippen LogP contribution < -0.4 is 0 Å². The van der Waals surface area contributed by atoms with Gasteiger partial charge in [-0.3, -0.25) is 4.79 Å². The second-order valence-corrected chi connectivity index (χ2v) is 5.20. The van der Waals surface area contributed by atoms with Crippen LogP contribution in [0.5, 0.6) is 11.5 Å². The molecule has 7 nitrogen and oxygen atoms in total. The van der Waals surface area contributed by atoms with Crippen molar-refractivity contribution in [1.29, 1.82) is 0 Å². The molecule has 0 saturated carbocycles. The Balaban J connectivity index is 2.45. The maximum Gasteiger partial charge on any atom is 0.196 e. The fraction of sp³-hybridized carbons (Fsp3) is 0.176. The van der Waals surface area contributed by atoms with Gasteiger partial charge in [0.05, 0.1) is 17.6 Å². The zero-order chi connectivity index (χ0) is 17.9. The molecule has 0 spiro atoms. The minimum Gasteiger partial charge on any atom is -0.515 e. The minimum absolute atomic E-state index is 0.0227. The first-order valence-corrected chi connectivity index (χ1v) is 7.09. The van der Waals surface area contributed by atoms with Crippen molar-refractivity contribution >= 4 is 17.6 Å². The van der Waals surface area contributed by atoms with Crippen LogP contribution in [0.4, 0.5) is 0 Å². The first-order chi connectivity index (χ1) is 11.4. The predicted octanol–water partition coefficient (Wildman–Crippen LogP) is 2.57. The van der Waals surface area contributed by atoms with Crippen molar-refractivity contribution in [3.63, 3.8) is 0 Å². The zero-order valence-electron chi connectivity index (χ0n) is 12.6. The van der Waals surface area contributed by atoms with E-state index in [-0.39, 0.29) is 53.1 Å². The highest BCUT2D eigenvalue weighted by Crippen LogP contribution is 2.34. The molecule has 0 fully saturated rings. The summed E-state index contributed by atoms with van der Waals surface area (Å²) in [6.07, 6.45) is 0.892. The van der Waals surface area contributed by atoms with Gasteiger partial charge in [0.2, 0.25) is 0 Å². The second-order valence-electron chi connectivity index (χ2n) is 5.20. The minimum atomic E-state index is -0.712. The Hall–Kier alpha value is -3.22. The summed E-state index contributed by atoms with van der Waals surface area (Å²) >= 11 is 0. The number of aliphatic hydroxyl groups excluding tert-OH is 3. The Kier molecular flexibility index (Phi) is 4.93. The van der Waals surface area contributed by atoms with Gasteiger partial charge >= 0.3 is 0 Å². The van der Waals surface area contributed by atoms with Crippen molar-refractivity contribution < 1.29 is 35.1 Å². The Bertz CT molecular complexity index is 784. The number of phenolic OH excluding ortho intramolecular Hbond substituents is 2. The number of carbonyl (C=O) groups is 2. The fourth-order valence-corrected chi connectivity index (χ4v) is 2.47. The number of benzene rings is 1. The SMILES string of the molecule is O=CCC1=C(O)CCC(C(=O)/C(=C\O)c2ccc(O)c(O)c2)=C1O. The van der Waals surface area contributed by atoms with Crippen molar-refractivity contribution in [3.05, 3.63) is 52.7 Å². The molecule has 0 heterocycles. The molecular formula is C17H16O7. The molecule has 1 aromatic carbocycles. The number of carbonyl (C=O) groups excluding carboxylic acids is 2. The van der Waals surface area contributed by atoms with Crippen LogP contribution in [0, 0.1) is 0 Å². The maximum atomic E-state index is 12.6. The normalized spacial score (nSPS) is 15.6. The van der Waals surface area contributed by atoms with Gasteiger partial charge in [0.1, 0.15) is 12.0 Å². The number of Topliss-reactive ketones (excluding diaryl/α,β-unsaturated/α-hetero) is 1. The zero-order valence-corrected chi connectivity index (χ0v) is 12.6. The van der Waals surface area contributed by atoms with E-state index in [1.165, 1.54) is 6.07 Å². The van der Waals surface area contributed by atoms with Crippen LogP contribution in [0.3, 0.4) is 0 Å². The highest BCUT2D eigenvalue weighted by Gasteiger charge is 2.28. The molecule has 0 atom stereocenters. The van der Waals surface area contributed by atoms with Crippen LogP contribution in [0.15, 0.2) is 47.1 Å². The highest BCUT2D eigenvalue weighted by atomic mass is 16.3. The molecule has 1 aliphatic rings. The second kappa shape index (κ2) is 6.91. The third-order valence-corrected chi connectivity index (χ3v) is 3.75. The highest BCUT2D eigenvalue weighted by molar-refractivity contribution is 6.28. The molecule has 1 aliphatic carbocycles. The monoisotopic (exact) mass is 332 g/mol. The van der Waals surface area contributed by atoms with E-state index in [1.54, 1.807) is 0 Å². The number of rotatable bonds is 5. The van der Waals surface area contributed by atoms with Crippen molar-refractivity contribution in [2.75, 3.05) is 0 Å². The number of aliphatic hydroxyl groups is 3. The van der Waals surface area contributed by atoms with Gasteiger partial charge in [-0.1, -0.05) is 6.07 Å². The van der Waals surface area contributed by atoms with Gasteiger partial charge in [-0.05, 0) is 24.1 Å². The molecule has 0 aromatic heterocycles. The lowest BCUT2D eigenvalue weighted by molar-refractivity contribution is -0.111. The third kappa shape index (κ3) is 3.10. The summed E-state index contributed by atoms with van der Waals surface area (Å²) in [4.78, 5) is 23.3. The molecule has 2 rings (SSSR count). The van der Waals surface area contributed by atoms with Gasteiger partial charge in [-0.2, -0.15) is 0 Å². The van der Waals surface area contributed by atoms with Gasteiger partial charge in [0.15, 0.2) is 17.3 Å². The average Bonchev–Trinajstić information content (AvgIpc) is 2.55. The molecule has 0 amide bonds. The fourth-order valence-electron chi connectivity index (χ4n) is 2.47. The summed E-state index contributed by atoms with van der Waals surface area (Å²) in [7, 11) is 0. The molecule has 1 aromatic rings. The maximum absolute atomic E-state index is 12.6. The first-order valence-electron chi connectivity index (χ1n) is 7.09. The van der Waals surface area contributed by atoms with E-state index < -0.39 is 17.3 Å². The van der Waals surface area contributed by atoms with E-state index in [1.807, 2.05) is 0 Å². The number of hydrogen-bond donors (Lipinski definition) is 5. The Labute approximate surface area is 137 Å². The van der Waals surface area contributed by atoms with Crippen LogP contribution >= 0.6 is 0 Å². The van der Waals surface area contributed by atoms with E-state index in [0.29, 0.717) is 12.5 Å². The van der Waals surface area contributed by atoms with E-state index in [0.717, 1.165) is 12.1 Å². The van der Waals surface area contributed by atoms with Crippen molar-refractivity contribution in [3.8, 4) is 11.5 Å². The predicted molar refractivity (Wildman–Crippen MR) is 84.6 cm³/mol. The van der Waals surface area contributed by atoms with Crippen molar-refractivity contribution in [2.45, 2.75) is 19.3 Å². The van der Waals surface area contributed by atoms with E-state index in [2.05, 4.69) is 0 Å². The van der Waals surface area contributed by atoms with Crippen LogP contribution in [-0.4, -0.2) is 37.6 Å². The number of aromatic hydroxyl groups is 2. The number of hydrogen-bond acceptors (Lipinski definition) is 7. The lowest BCUT2D eigenvalue weighted by Crippen LogP contribution is -2.15. The average molecular weight is 332 g/mol. The van der Waals surface area contributed by atoms with Gasteiger partial charge in [-0.25, -0.2) is 0 Å². The molecular weight excluding hydrogens is 316 g/mol. The largest absolute Gasteiger partial charge is 0.515 e. The number of ketones is 1. The number of allylic oxidation sites excluding steroid dienone is 4. The Morgan fingerprint density at radius 3 is 2.38 bits per heavy atom. The van der Waals surface area contributed by atoms with Gasteiger partial charge in [-0.15, -0.1) is 0 Å². The summed E-state index contributed by atoms with van der Waals surface area (Å²) < 4.78 is 0. The van der Waals surface area contributed by atoms with E-state index in [9.17, 15) is 35.1 Å². The van der Waals surface area contributed by atoms with Gasteiger partial charge in [0, 0.05) is 24.0 Å². The lowest BCUT2D eigenvalue weighted by Gasteiger charge is -2.19. The molecule has 0 aliphatic heterocycles. The smallest absolute Gasteiger partial charge is 0.196 e. The molecule has 24 heavy (non-hydrogen) atoms. The summed E-state index contributed by atoms with van der Waals surface area (Å²) in [5.74, 6) is -2.22. The quantitative estimate of drug-likeness (QED) is 0.242. The van der Waals surface area contributed by atoms with Crippen LogP contribution in [0.1, 0.15) is 24.8 Å². The summed E-state index contributed by atoms with van der Waals surface area (Å²) in [6, 6.07) is 3.56. The summed E-state index contributed by atoms with van der Waals surface area (Å²) in [5.41, 5.74) is -0.157. The summed E-state index contributed by atoms with van der Waals surface area (Å²) in [5, 5.41) is 48.2. The van der Waals surface area contributed by atoms with Crippen LogP contribution in [0.25, 0.3) is 5.57 Å². The van der Waals surface area contributed by atoms with Gasteiger partial charge < -0.3 is 30.3 Å². The summed E-state index contributed by atoms with van der Waals surface area (Å²) in [6.45, 7) is 0. The first kappa shape index (κ1) is 17.1. The molecule has 0 saturated heterocycles. The topological polar surface area (TPSA) is 135 Å². The molecule has 7 heteroatoms. The van der Waals surface area contributed by atoms with Crippen molar-refractivity contribution in [1.82, 2.24) is 0 Å². The van der Waals surface area contributed by atoms with Crippen molar-refractivity contribution in [2.24, 2.45) is 0 Å². The molecule has 0 bridgehead atoms. The Morgan fingerprint density at radius 2 is 1.79 bits per heavy atom. The molecule has 5 N–H and O–H groups in total. The van der Waals surface area contributed by atoms with Gasteiger partial charge in [0.25, 0.3) is 0 Å². The lowest BCUT2D eigenvalue weighted by atomic mass is 9.87. The van der Waals surface area contributed by atoms with Crippen LogP contribution in [-0.2, 0) is 9.59 Å². The molecule has 0 unspecified atom stereocenters.